The number of hydrogen-bond donors (Lipinski definition) is 1. The first-order valence-electron chi connectivity index (χ1n) is 5.20. The Morgan fingerprint density at radius 3 is 2.50 bits per heavy atom. The van der Waals surface area contributed by atoms with E-state index < -0.39 is 0 Å². The van der Waals surface area contributed by atoms with Crippen molar-refractivity contribution in [2.45, 2.75) is 12.8 Å². The van der Waals surface area contributed by atoms with Crippen molar-refractivity contribution < 1.29 is 14.3 Å². The van der Waals surface area contributed by atoms with Crippen molar-refractivity contribution in [2.24, 2.45) is 0 Å². The van der Waals surface area contributed by atoms with E-state index in [0.29, 0.717) is 12.2 Å². The summed E-state index contributed by atoms with van der Waals surface area (Å²) in [7, 11) is 1.37. The number of hydrogen-bond acceptors (Lipinski definition) is 4. The molecule has 0 aromatic heterocycles. The summed E-state index contributed by atoms with van der Waals surface area (Å²) in [6.07, 6.45) is 2.03. The topological polar surface area (TPSA) is 35.5 Å². The van der Waals surface area contributed by atoms with Gasteiger partial charge in [0.05, 0.1) is 19.3 Å². The first kappa shape index (κ1) is 12.9. The van der Waals surface area contributed by atoms with E-state index in [4.69, 9.17) is 4.74 Å². The lowest BCUT2D eigenvalue weighted by atomic mass is 10.2. The van der Waals surface area contributed by atoms with Crippen molar-refractivity contribution in [3.8, 4) is 5.75 Å². The van der Waals surface area contributed by atoms with Crippen LogP contribution in [0.25, 0.3) is 0 Å². The van der Waals surface area contributed by atoms with Crippen LogP contribution in [-0.2, 0) is 4.74 Å². The SMILES string of the molecule is COC(=O)c1ccc(OCCCCS)cc1. The lowest BCUT2D eigenvalue weighted by Gasteiger charge is -2.06. The second-order valence-corrected chi connectivity index (χ2v) is 3.74. The van der Waals surface area contributed by atoms with Gasteiger partial charge in [-0.05, 0) is 42.9 Å². The van der Waals surface area contributed by atoms with E-state index in [2.05, 4.69) is 17.4 Å². The van der Waals surface area contributed by atoms with Gasteiger partial charge in [-0.2, -0.15) is 12.6 Å². The van der Waals surface area contributed by atoms with E-state index in [0.717, 1.165) is 24.3 Å². The minimum Gasteiger partial charge on any atom is -0.494 e. The standard InChI is InChI=1S/C12H16O3S/c1-14-12(13)10-4-6-11(7-5-10)15-8-2-3-9-16/h4-7,16H,2-3,8-9H2,1H3. The Morgan fingerprint density at radius 1 is 1.25 bits per heavy atom. The molecule has 0 spiro atoms. The van der Waals surface area contributed by atoms with Crippen molar-refractivity contribution in [1.82, 2.24) is 0 Å². The Balaban J connectivity index is 2.42. The summed E-state index contributed by atoms with van der Waals surface area (Å²) in [4.78, 5) is 11.2. The highest BCUT2D eigenvalue weighted by Crippen LogP contribution is 2.13. The zero-order chi connectivity index (χ0) is 11.8. The van der Waals surface area contributed by atoms with E-state index in [9.17, 15) is 4.79 Å². The Morgan fingerprint density at radius 2 is 1.94 bits per heavy atom. The molecule has 0 fully saturated rings. The number of thiol groups is 1. The number of carbonyl (C=O) groups excluding carboxylic acids is 1. The Labute approximate surface area is 101 Å². The molecule has 0 saturated carbocycles. The zero-order valence-corrected chi connectivity index (χ0v) is 10.2. The molecule has 0 atom stereocenters. The summed E-state index contributed by atoms with van der Waals surface area (Å²) < 4.78 is 10.1. The number of ether oxygens (including phenoxy) is 2. The van der Waals surface area contributed by atoms with Crippen LogP contribution in [0.1, 0.15) is 23.2 Å². The van der Waals surface area contributed by atoms with E-state index >= 15 is 0 Å². The van der Waals surface area contributed by atoms with E-state index in [-0.39, 0.29) is 5.97 Å². The van der Waals surface area contributed by atoms with Crippen molar-refractivity contribution >= 4 is 18.6 Å². The van der Waals surface area contributed by atoms with Gasteiger partial charge in [0.15, 0.2) is 0 Å². The van der Waals surface area contributed by atoms with Crippen LogP contribution in [0.5, 0.6) is 5.75 Å². The number of carbonyl (C=O) groups is 1. The van der Waals surface area contributed by atoms with Crippen LogP contribution >= 0.6 is 12.6 Å². The van der Waals surface area contributed by atoms with Crippen LogP contribution in [0.2, 0.25) is 0 Å². The maximum atomic E-state index is 11.2. The second kappa shape index (κ2) is 7.17. The highest BCUT2D eigenvalue weighted by molar-refractivity contribution is 7.80. The summed E-state index contributed by atoms with van der Waals surface area (Å²) in [5.74, 6) is 1.32. The minimum absolute atomic E-state index is 0.332. The van der Waals surface area contributed by atoms with E-state index in [1.807, 2.05) is 0 Å². The molecule has 88 valence electrons. The third-order valence-corrected chi connectivity index (χ3v) is 2.41. The molecule has 16 heavy (non-hydrogen) atoms. The molecule has 0 aliphatic rings. The van der Waals surface area contributed by atoms with Gasteiger partial charge in [0.2, 0.25) is 0 Å². The van der Waals surface area contributed by atoms with Gasteiger partial charge in [0, 0.05) is 0 Å². The highest BCUT2D eigenvalue weighted by Gasteiger charge is 2.04. The van der Waals surface area contributed by atoms with E-state index in [1.54, 1.807) is 24.3 Å². The van der Waals surface area contributed by atoms with Gasteiger partial charge >= 0.3 is 5.97 Å². The van der Waals surface area contributed by atoms with Gasteiger partial charge in [-0.3, -0.25) is 0 Å². The fraction of sp³-hybridized carbons (Fsp3) is 0.417. The van der Waals surface area contributed by atoms with Crippen molar-refractivity contribution in [2.75, 3.05) is 19.5 Å². The van der Waals surface area contributed by atoms with Crippen molar-refractivity contribution in [3.63, 3.8) is 0 Å². The maximum absolute atomic E-state index is 11.2. The number of unbranched alkanes of at least 4 members (excludes halogenated alkanes) is 1. The smallest absolute Gasteiger partial charge is 0.337 e. The molecule has 0 N–H and O–H groups in total. The average molecular weight is 240 g/mol. The Bertz CT molecular complexity index is 322. The van der Waals surface area contributed by atoms with E-state index in [1.165, 1.54) is 7.11 Å². The van der Waals surface area contributed by atoms with Gasteiger partial charge in [0.1, 0.15) is 5.75 Å². The largest absolute Gasteiger partial charge is 0.494 e. The molecule has 0 bridgehead atoms. The van der Waals surface area contributed by atoms with Gasteiger partial charge in [-0.25, -0.2) is 4.79 Å². The van der Waals surface area contributed by atoms with Gasteiger partial charge in [-0.15, -0.1) is 0 Å². The third kappa shape index (κ3) is 4.14. The fourth-order valence-corrected chi connectivity index (χ4v) is 1.43. The van der Waals surface area contributed by atoms with Crippen LogP contribution in [0.4, 0.5) is 0 Å². The van der Waals surface area contributed by atoms with Crippen LogP contribution in [0.3, 0.4) is 0 Å². The Hall–Kier alpha value is -1.16. The maximum Gasteiger partial charge on any atom is 0.337 e. The molecule has 0 saturated heterocycles. The molecule has 1 aromatic rings. The summed E-state index contributed by atoms with van der Waals surface area (Å²) in [5.41, 5.74) is 0.533. The van der Waals surface area contributed by atoms with Crippen molar-refractivity contribution in [1.29, 1.82) is 0 Å². The molecule has 0 heterocycles. The molecule has 3 nitrogen and oxygen atoms in total. The number of esters is 1. The van der Waals surface area contributed by atoms with Gasteiger partial charge in [-0.1, -0.05) is 0 Å². The number of rotatable bonds is 6. The van der Waals surface area contributed by atoms with Crippen molar-refractivity contribution in [3.05, 3.63) is 29.8 Å². The van der Waals surface area contributed by atoms with Crippen LogP contribution in [0, 0.1) is 0 Å². The summed E-state index contributed by atoms with van der Waals surface area (Å²) in [6.45, 7) is 0.679. The lowest BCUT2D eigenvalue weighted by molar-refractivity contribution is 0.0600. The molecule has 0 unspecified atom stereocenters. The predicted molar refractivity (Wildman–Crippen MR) is 66.4 cm³/mol. The first-order valence-corrected chi connectivity index (χ1v) is 5.83. The summed E-state index contributed by atoms with van der Waals surface area (Å²) in [6, 6.07) is 6.93. The van der Waals surface area contributed by atoms with Crippen LogP contribution in [-0.4, -0.2) is 25.4 Å². The van der Waals surface area contributed by atoms with Gasteiger partial charge < -0.3 is 9.47 Å². The highest BCUT2D eigenvalue weighted by atomic mass is 32.1. The quantitative estimate of drug-likeness (QED) is 0.471. The van der Waals surface area contributed by atoms with Gasteiger partial charge in [0.25, 0.3) is 0 Å². The lowest BCUT2D eigenvalue weighted by Crippen LogP contribution is -2.01. The Kier molecular flexibility index (Phi) is 5.78. The monoisotopic (exact) mass is 240 g/mol. The molecule has 0 aliphatic heterocycles. The average Bonchev–Trinajstić information content (AvgIpc) is 2.34. The number of methoxy groups -OCH3 is 1. The summed E-state index contributed by atoms with van der Waals surface area (Å²) in [5, 5.41) is 0. The predicted octanol–water partition coefficient (Wildman–Crippen LogP) is 2.56. The summed E-state index contributed by atoms with van der Waals surface area (Å²) >= 11 is 4.12. The molecule has 1 aromatic carbocycles. The zero-order valence-electron chi connectivity index (χ0n) is 9.31. The van der Waals surface area contributed by atoms with Crippen LogP contribution in [0.15, 0.2) is 24.3 Å². The normalized spacial score (nSPS) is 9.88. The minimum atomic E-state index is -0.332. The molecule has 1 rings (SSSR count). The molecular weight excluding hydrogens is 224 g/mol. The molecule has 0 radical (unpaired) electrons. The first-order chi connectivity index (χ1) is 7.77. The molecule has 0 amide bonds. The molecule has 0 aliphatic carbocycles. The number of benzene rings is 1. The van der Waals surface area contributed by atoms with Crippen LogP contribution < -0.4 is 4.74 Å². The fourth-order valence-electron chi connectivity index (χ4n) is 1.21. The second-order valence-electron chi connectivity index (χ2n) is 3.30. The third-order valence-electron chi connectivity index (χ3n) is 2.10. The molecular formula is C12H16O3S. The molecule has 4 heteroatoms.